The summed E-state index contributed by atoms with van der Waals surface area (Å²) in [4.78, 5) is 2.54. The van der Waals surface area contributed by atoms with Crippen LogP contribution >= 0.6 is 0 Å². The molecule has 82 valence electrons. The van der Waals surface area contributed by atoms with E-state index in [1.165, 1.54) is 19.4 Å². The lowest BCUT2D eigenvalue weighted by molar-refractivity contribution is 0.0423. The largest absolute Gasteiger partial charge is 0.381 e. The van der Waals surface area contributed by atoms with E-state index in [-0.39, 0.29) is 0 Å². The van der Waals surface area contributed by atoms with Crippen LogP contribution in [0.4, 0.5) is 0 Å². The monoisotopic (exact) mass is 199 g/mol. The highest BCUT2D eigenvalue weighted by Gasteiger charge is 2.20. The van der Waals surface area contributed by atoms with E-state index in [4.69, 9.17) is 10.6 Å². The van der Waals surface area contributed by atoms with Gasteiger partial charge in [0.25, 0.3) is 0 Å². The van der Waals surface area contributed by atoms with Crippen molar-refractivity contribution in [1.82, 2.24) is 9.91 Å². The second kappa shape index (κ2) is 5.07. The molecule has 0 bridgehead atoms. The molecule has 2 N–H and O–H groups in total. The molecule has 0 aromatic heterocycles. The summed E-state index contributed by atoms with van der Waals surface area (Å²) in [5, 5.41) is 1.92. The van der Waals surface area contributed by atoms with Crippen LogP contribution in [0.25, 0.3) is 0 Å². The first-order valence-electron chi connectivity index (χ1n) is 5.64. The predicted octanol–water partition coefficient (Wildman–Crippen LogP) is -0.0957. The van der Waals surface area contributed by atoms with Gasteiger partial charge in [-0.25, -0.2) is 5.01 Å². The summed E-state index contributed by atoms with van der Waals surface area (Å²) in [5.74, 6) is 6.57. The van der Waals surface area contributed by atoms with Crippen molar-refractivity contribution in [2.45, 2.75) is 12.8 Å². The molecule has 2 saturated heterocycles. The summed E-state index contributed by atoms with van der Waals surface area (Å²) < 4.78 is 5.36. The number of ether oxygens (including phenoxy) is 1. The molecule has 0 aromatic carbocycles. The van der Waals surface area contributed by atoms with Crippen LogP contribution in [-0.4, -0.2) is 55.8 Å². The van der Waals surface area contributed by atoms with Crippen LogP contribution in [0.1, 0.15) is 12.8 Å². The fourth-order valence-corrected chi connectivity index (χ4v) is 2.24. The molecule has 0 aliphatic carbocycles. The van der Waals surface area contributed by atoms with Gasteiger partial charge in [-0.1, -0.05) is 0 Å². The van der Waals surface area contributed by atoms with Crippen LogP contribution in [0, 0.1) is 5.92 Å². The van der Waals surface area contributed by atoms with E-state index >= 15 is 0 Å². The summed E-state index contributed by atoms with van der Waals surface area (Å²) in [6.07, 6.45) is 2.48. The normalized spacial score (nSPS) is 28.1. The van der Waals surface area contributed by atoms with Gasteiger partial charge in [0.15, 0.2) is 0 Å². The molecule has 2 fully saturated rings. The molecule has 2 aliphatic rings. The Morgan fingerprint density at radius 2 is 1.71 bits per heavy atom. The standard InChI is InChI=1S/C10H21N3O/c11-13-5-3-12(4-6-13)9-10-1-7-14-8-2-10/h10H,1-9,11H2. The maximum atomic E-state index is 5.72. The Balaban J connectivity index is 1.68. The van der Waals surface area contributed by atoms with Crippen molar-refractivity contribution < 1.29 is 4.74 Å². The fourth-order valence-electron chi connectivity index (χ4n) is 2.24. The Morgan fingerprint density at radius 1 is 1.07 bits per heavy atom. The average molecular weight is 199 g/mol. The van der Waals surface area contributed by atoms with Crippen LogP contribution in [0.3, 0.4) is 0 Å². The van der Waals surface area contributed by atoms with Crippen molar-refractivity contribution in [2.75, 3.05) is 45.9 Å². The number of nitrogens with zero attached hydrogens (tertiary/aromatic N) is 2. The number of rotatable bonds is 2. The van der Waals surface area contributed by atoms with Crippen molar-refractivity contribution in [1.29, 1.82) is 0 Å². The SMILES string of the molecule is NN1CCN(CC2CCOCC2)CC1. The zero-order chi connectivity index (χ0) is 9.80. The molecular formula is C10H21N3O. The smallest absolute Gasteiger partial charge is 0.0469 e. The lowest BCUT2D eigenvalue weighted by Crippen LogP contribution is -2.50. The summed E-state index contributed by atoms with van der Waals surface area (Å²) in [6.45, 7) is 7.47. The molecule has 14 heavy (non-hydrogen) atoms. The summed E-state index contributed by atoms with van der Waals surface area (Å²) in [7, 11) is 0. The van der Waals surface area contributed by atoms with Crippen LogP contribution in [0.5, 0.6) is 0 Å². The molecule has 2 rings (SSSR count). The minimum atomic E-state index is 0.855. The molecule has 4 heteroatoms. The maximum Gasteiger partial charge on any atom is 0.0469 e. The number of nitrogens with two attached hydrogens (primary N) is 1. The van der Waals surface area contributed by atoms with Crippen molar-refractivity contribution in [2.24, 2.45) is 11.8 Å². The van der Waals surface area contributed by atoms with Gasteiger partial charge < -0.3 is 9.64 Å². The van der Waals surface area contributed by atoms with Crippen molar-refractivity contribution in [3.05, 3.63) is 0 Å². The second-order valence-electron chi connectivity index (χ2n) is 4.39. The highest BCUT2D eigenvalue weighted by molar-refractivity contribution is 4.73. The minimum Gasteiger partial charge on any atom is -0.381 e. The first-order chi connectivity index (χ1) is 6.84. The predicted molar refractivity (Wildman–Crippen MR) is 55.7 cm³/mol. The third kappa shape index (κ3) is 2.92. The Bertz CT molecular complexity index is 163. The first kappa shape index (κ1) is 10.4. The Morgan fingerprint density at radius 3 is 2.36 bits per heavy atom. The summed E-state index contributed by atoms with van der Waals surface area (Å²) in [5.41, 5.74) is 0. The van der Waals surface area contributed by atoms with Crippen LogP contribution in [-0.2, 0) is 4.74 Å². The van der Waals surface area contributed by atoms with Crippen molar-refractivity contribution in [3.8, 4) is 0 Å². The molecule has 0 unspecified atom stereocenters. The van der Waals surface area contributed by atoms with Gasteiger partial charge in [0.2, 0.25) is 0 Å². The highest BCUT2D eigenvalue weighted by atomic mass is 16.5. The van der Waals surface area contributed by atoms with Gasteiger partial charge in [-0.2, -0.15) is 0 Å². The Labute approximate surface area is 86.0 Å². The molecule has 2 aliphatic heterocycles. The average Bonchev–Trinajstić information content (AvgIpc) is 2.23. The third-order valence-electron chi connectivity index (χ3n) is 3.26. The topological polar surface area (TPSA) is 41.7 Å². The maximum absolute atomic E-state index is 5.72. The van der Waals surface area contributed by atoms with E-state index in [9.17, 15) is 0 Å². The van der Waals surface area contributed by atoms with E-state index in [0.717, 1.165) is 45.3 Å². The molecule has 2 heterocycles. The van der Waals surface area contributed by atoms with E-state index in [0.29, 0.717) is 0 Å². The number of piperazine rings is 1. The van der Waals surface area contributed by atoms with Crippen LogP contribution < -0.4 is 5.84 Å². The van der Waals surface area contributed by atoms with Gasteiger partial charge in [0.05, 0.1) is 0 Å². The Hall–Kier alpha value is -0.160. The van der Waals surface area contributed by atoms with E-state index < -0.39 is 0 Å². The number of hydrazine groups is 1. The molecule has 0 radical (unpaired) electrons. The summed E-state index contributed by atoms with van der Waals surface area (Å²) >= 11 is 0. The highest BCUT2D eigenvalue weighted by Crippen LogP contribution is 2.16. The van der Waals surface area contributed by atoms with Gasteiger partial charge in [-0.3, -0.25) is 5.84 Å². The molecule has 4 nitrogen and oxygen atoms in total. The van der Waals surface area contributed by atoms with Crippen molar-refractivity contribution in [3.63, 3.8) is 0 Å². The Kier molecular flexibility index (Phi) is 3.75. The molecule has 0 spiro atoms. The molecule has 0 atom stereocenters. The van der Waals surface area contributed by atoms with E-state index in [1.807, 2.05) is 5.01 Å². The zero-order valence-corrected chi connectivity index (χ0v) is 8.82. The first-order valence-corrected chi connectivity index (χ1v) is 5.64. The minimum absolute atomic E-state index is 0.855. The van der Waals surface area contributed by atoms with Gasteiger partial charge in [0, 0.05) is 45.9 Å². The molecule has 0 saturated carbocycles. The van der Waals surface area contributed by atoms with Gasteiger partial charge in [-0.05, 0) is 18.8 Å². The molecular weight excluding hydrogens is 178 g/mol. The lowest BCUT2D eigenvalue weighted by atomic mass is 9.99. The number of hydrogen-bond acceptors (Lipinski definition) is 4. The quantitative estimate of drug-likeness (QED) is 0.631. The fraction of sp³-hybridized carbons (Fsp3) is 1.00. The van der Waals surface area contributed by atoms with Gasteiger partial charge >= 0.3 is 0 Å². The van der Waals surface area contributed by atoms with Gasteiger partial charge in [0.1, 0.15) is 0 Å². The van der Waals surface area contributed by atoms with E-state index in [2.05, 4.69) is 4.90 Å². The lowest BCUT2D eigenvalue weighted by Gasteiger charge is -2.35. The van der Waals surface area contributed by atoms with Crippen LogP contribution in [0.15, 0.2) is 0 Å². The third-order valence-corrected chi connectivity index (χ3v) is 3.26. The second-order valence-corrected chi connectivity index (χ2v) is 4.39. The van der Waals surface area contributed by atoms with Crippen LogP contribution in [0.2, 0.25) is 0 Å². The summed E-state index contributed by atoms with van der Waals surface area (Å²) in [6, 6.07) is 0. The molecule has 0 amide bonds. The number of hydrogen-bond donors (Lipinski definition) is 1. The van der Waals surface area contributed by atoms with E-state index in [1.54, 1.807) is 0 Å². The zero-order valence-electron chi connectivity index (χ0n) is 8.82. The molecule has 0 aromatic rings. The van der Waals surface area contributed by atoms with Crippen molar-refractivity contribution >= 4 is 0 Å². The van der Waals surface area contributed by atoms with Gasteiger partial charge in [-0.15, -0.1) is 0 Å².